The maximum absolute atomic E-state index is 13.1. The van der Waals surface area contributed by atoms with E-state index in [4.69, 9.17) is 4.74 Å². The number of rotatable bonds is 6. The lowest BCUT2D eigenvalue weighted by molar-refractivity contribution is -0.169. The zero-order valence-electron chi connectivity index (χ0n) is 16.1. The molecule has 2 amide bonds. The van der Waals surface area contributed by atoms with Crippen molar-refractivity contribution in [2.24, 2.45) is 5.92 Å². The van der Waals surface area contributed by atoms with Gasteiger partial charge in [0.15, 0.2) is 0 Å². The summed E-state index contributed by atoms with van der Waals surface area (Å²) < 4.78 is 5.28. The van der Waals surface area contributed by atoms with E-state index in [2.05, 4.69) is 0 Å². The molecule has 2 aliphatic heterocycles. The number of amides is 2. The van der Waals surface area contributed by atoms with Crippen LogP contribution in [0.25, 0.3) is 0 Å². The maximum Gasteiger partial charge on any atom is 0.328 e. The summed E-state index contributed by atoms with van der Waals surface area (Å²) in [5.74, 6) is 0.160. The van der Waals surface area contributed by atoms with Crippen molar-refractivity contribution >= 4 is 17.8 Å². The average Bonchev–Trinajstić information content (AvgIpc) is 3.14. The van der Waals surface area contributed by atoms with E-state index in [-0.39, 0.29) is 23.8 Å². The van der Waals surface area contributed by atoms with Crippen LogP contribution in [0.5, 0.6) is 0 Å². The Labute approximate surface area is 156 Å². The summed E-state index contributed by atoms with van der Waals surface area (Å²) in [6.45, 7) is 4.47. The molecule has 0 aromatic heterocycles. The molecule has 3 atom stereocenters. The van der Waals surface area contributed by atoms with Crippen molar-refractivity contribution in [1.82, 2.24) is 9.80 Å². The normalized spacial score (nSPS) is 28.2. The van der Waals surface area contributed by atoms with Gasteiger partial charge in [-0.15, -0.1) is 0 Å². The first-order chi connectivity index (χ1) is 12.5. The van der Waals surface area contributed by atoms with Crippen LogP contribution >= 0.6 is 0 Å². The molecule has 0 aromatic rings. The second-order valence-electron chi connectivity index (χ2n) is 7.96. The highest BCUT2D eigenvalue weighted by molar-refractivity contribution is 5.99. The first kappa shape index (κ1) is 19.2. The topological polar surface area (TPSA) is 66.9 Å². The molecule has 26 heavy (non-hydrogen) atoms. The summed E-state index contributed by atoms with van der Waals surface area (Å²) in [6, 6.07) is -1.60. The van der Waals surface area contributed by atoms with Crippen LogP contribution in [0, 0.1) is 5.92 Å². The molecule has 6 nitrogen and oxygen atoms in total. The molecule has 2 saturated heterocycles. The van der Waals surface area contributed by atoms with Gasteiger partial charge in [0.25, 0.3) is 0 Å². The largest absolute Gasteiger partial charge is 0.464 e. The summed E-state index contributed by atoms with van der Waals surface area (Å²) in [6.07, 6.45) is 9.28. The molecule has 0 spiro atoms. The number of hydrogen-bond donors (Lipinski definition) is 0. The van der Waals surface area contributed by atoms with Gasteiger partial charge in [-0.25, -0.2) is 4.79 Å². The number of carbonyl (C=O) groups is 3. The quantitative estimate of drug-likeness (QED) is 0.679. The molecule has 0 bridgehead atoms. The van der Waals surface area contributed by atoms with Gasteiger partial charge in [0.2, 0.25) is 11.8 Å². The fourth-order valence-electron chi connectivity index (χ4n) is 4.91. The highest BCUT2D eigenvalue weighted by Crippen LogP contribution is 2.32. The van der Waals surface area contributed by atoms with Crippen molar-refractivity contribution in [1.29, 1.82) is 0 Å². The molecule has 0 aromatic carbocycles. The van der Waals surface area contributed by atoms with Gasteiger partial charge < -0.3 is 14.5 Å². The zero-order chi connectivity index (χ0) is 18.7. The van der Waals surface area contributed by atoms with Gasteiger partial charge >= 0.3 is 5.97 Å². The Morgan fingerprint density at radius 2 is 1.85 bits per heavy atom. The third-order valence-corrected chi connectivity index (χ3v) is 6.32. The molecule has 2 heterocycles. The Bertz CT molecular complexity index is 544. The third kappa shape index (κ3) is 3.74. The van der Waals surface area contributed by atoms with E-state index in [1.165, 1.54) is 32.1 Å². The van der Waals surface area contributed by atoms with Gasteiger partial charge in [0.05, 0.1) is 6.61 Å². The number of nitrogens with zero attached hydrogens (tertiary/aromatic N) is 2. The Hall–Kier alpha value is -1.59. The number of fused-ring (bicyclic) bond motifs is 1. The Balaban J connectivity index is 1.76. The van der Waals surface area contributed by atoms with Crippen molar-refractivity contribution in [3.63, 3.8) is 0 Å². The minimum atomic E-state index is -0.633. The predicted octanol–water partition coefficient (Wildman–Crippen LogP) is 2.50. The van der Waals surface area contributed by atoms with Crippen molar-refractivity contribution in [2.45, 2.75) is 89.8 Å². The lowest BCUT2D eigenvalue weighted by Crippen LogP contribution is -2.65. The molecule has 6 heteroatoms. The molecular formula is C20H32N2O4. The summed E-state index contributed by atoms with van der Waals surface area (Å²) in [5, 5.41) is 0. The Morgan fingerprint density at radius 3 is 2.54 bits per heavy atom. The first-order valence-corrected chi connectivity index (χ1v) is 10.3. The van der Waals surface area contributed by atoms with Crippen LogP contribution in [0.3, 0.4) is 0 Å². The SMILES string of the molecule is CCOC(=O)[C@H](CCC1CCCCC1)N1C(=O)C2CCCN2C(=O)[C@@H]1C. The van der Waals surface area contributed by atoms with E-state index in [0.717, 1.165) is 12.8 Å². The van der Waals surface area contributed by atoms with Crippen molar-refractivity contribution < 1.29 is 19.1 Å². The summed E-state index contributed by atoms with van der Waals surface area (Å²) >= 11 is 0. The van der Waals surface area contributed by atoms with Crippen LogP contribution in [0.4, 0.5) is 0 Å². The molecule has 1 saturated carbocycles. The van der Waals surface area contributed by atoms with E-state index >= 15 is 0 Å². The second-order valence-corrected chi connectivity index (χ2v) is 7.96. The lowest BCUT2D eigenvalue weighted by atomic mass is 9.84. The Kier molecular flexibility index (Phi) is 6.20. The smallest absolute Gasteiger partial charge is 0.328 e. The molecule has 0 N–H and O–H groups in total. The molecule has 3 rings (SSSR count). The van der Waals surface area contributed by atoms with Crippen LogP contribution in [0.2, 0.25) is 0 Å². The first-order valence-electron chi connectivity index (χ1n) is 10.3. The van der Waals surface area contributed by atoms with Crippen LogP contribution in [-0.2, 0) is 19.1 Å². The fraction of sp³-hybridized carbons (Fsp3) is 0.850. The second kappa shape index (κ2) is 8.40. The molecular weight excluding hydrogens is 332 g/mol. The molecule has 1 aliphatic carbocycles. The van der Waals surface area contributed by atoms with Gasteiger partial charge in [-0.1, -0.05) is 32.1 Å². The number of piperazine rings is 1. The third-order valence-electron chi connectivity index (χ3n) is 6.32. The average molecular weight is 364 g/mol. The van der Waals surface area contributed by atoms with Crippen molar-refractivity contribution in [3.8, 4) is 0 Å². The molecule has 1 unspecified atom stereocenters. The molecule has 146 valence electrons. The summed E-state index contributed by atoms with van der Waals surface area (Å²) in [4.78, 5) is 41.7. The number of carbonyl (C=O) groups excluding carboxylic acids is 3. The van der Waals surface area contributed by atoms with Gasteiger partial charge in [0.1, 0.15) is 18.1 Å². The number of ether oxygens (including phenoxy) is 1. The van der Waals surface area contributed by atoms with E-state index in [9.17, 15) is 14.4 Å². The highest BCUT2D eigenvalue weighted by Gasteiger charge is 2.49. The van der Waals surface area contributed by atoms with E-state index < -0.39 is 12.1 Å². The van der Waals surface area contributed by atoms with Crippen molar-refractivity contribution in [2.75, 3.05) is 13.2 Å². The number of hydrogen-bond acceptors (Lipinski definition) is 4. The van der Waals surface area contributed by atoms with Gasteiger partial charge in [-0.2, -0.15) is 0 Å². The summed E-state index contributed by atoms with van der Waals surface area (Å²) in [7, 11) is 0. The standard InChI is InChI=1S/C20H32N2O4/c1-3-26-20(25)17(12-11-15-8-5-4-6-9-15)22-14(2)18(23)21-13-7-10-16(21)19(22)24/h14-17H,3-13H2,1-2H3/t14-,16?,17-/m0/s1. The molecule has 3 fully saturated rings. The minimum absolute atomic E-state index is 0.0286. The maximum atomic E-state index is 13.1. The summed E-state index contributed by atoms with van der Waals surface area (Å²) in [5.41, 5.74) is 0. The molecule has 3 aliphatic rings. The van der Waals surface area contributed by atoms with E-state index in [1.54, 1.807) is 23.6 Å². The van der Waals surface area contributed by atoms with Gasteiger partial charge in [0, 0.05) is 6.54 Å². The van der Waals surface area contributed by atoms with Crippen molar-refractivity contribution in [3.05, 3.63) is 0 Å². The van der Waals surface area contributed by atoms with E-state index in [0.29, 0.717) is 31.9 Å². The Morgan fingerprint density at radius 1 is 1.12 bits per heavy atom. The van der Waals surface area contributed by atoms with E-state index in [1.807, 2.05) is 0 Å². The van der Waals surface area contributed by atoms with Gasteiger partial charge in [-0.05, 0) is 45.4 Å². The van der Waals surface area contributed by atoms with Crippen LogP contribution in [-0.4, -0.2) is 58.9 Å². The number of esters is 1. The van der Waals surface area contributed by atoms with Crippen LogP contribution in [0.1, 0.15) is 71.6 Å². The molecule has 0 radical (unpaired) electrons. The van der Waals surface area contributed by atoms with Crippen LogP contribution in [0.15, 0.2) is 0 Å². The lowest BCUT2D eigenvalue weighted by Gasteiger charge is -2.44. The van der Waals surface area contributed by atoms with Gasteiger partial charge in [-0.3, -0.25) is 9.59 Å². The van der Waals surface area contributed by atoms with Crippen LogP contribution < -0.4 is 0 Å². The monoisotopic (exact) mass is 364 g/mol. The minimum Gasteiger partial charge on any atom is -0.464 e. The zero-order valence-corrected chi connectivity index (χ0v) is 16.1. The fourth-order valence-corrected chi connectivity index (χ4v) is 4.91. The highest BCUT2D eigenvalue weighted by atomic mass is 16.5. The predicted molar refractivity (Wildman–Crippen MR) is 97.3 cm³/mol.